The van der Waals surface area contributed by atoms with Crippen molar-refractivity contribution in [3.8, 4) is 16.9 Å². The summed E-state index contributed by atoms with van der Waals surface area (Å²) in [5.74, 6) is -5.18. The molecule has 0 unspecified atom stereocenters. The van der Waals surface area contributed by atoms with Crippen molar-refractivity contribution in [2.24, 2.45) is 5.92 Å². The van der Waals surface area contributed by atoms with Gasteiger partial charge in [0.2, 0.25) is 0 Å². The fourth-order valence-corrected chi connectivity index (χ4v) is 4.28. The first-order valence-electron chi connectivity index (χ1n) is 12.8. The molecule has 0 aliphatic carbocycles. The number of halogens is 8. The molecule has 1 aliphatic rings. The number of benzene rings is 3. The summed E-state index contributed by atoms with van der Waals surface area (Å²) in [6.07, 6.45) is -3.47. The molecule has 0 radical (unpaired) electrons. The van der Waals surface area contributed by atoms with E-state index in [-0.39, 0.29) is 35.8 Å². The Bertz CT molecular complexity index is 1340. The third-order valence-corrected chi connectivity index (χ3v) is 6.39. The third-order valence-electron chi connectivity index (χ3n) is 6.39. The molecule has 0 aromatic heterocycles. The van der Waals surface area contributed by atoms with Gasteiger partial charge in [-0.2, -0.15) is 22.0 Å². The highest BCUT2D eigenvalue weighted by Crippen LogP contribution is 2.38. The van der Waals surface area contributed by atoms with Gasteiger partial charge in [-0.05, 0) is 53.9 Å². The number of hydrogen-bond acceptors (Lipinski definition) is 3. The van der Waals surface area contributed by atoms with E-state index in [0.29, 0.717) is 24.3 Å². The second-order valence-electron chi connectivity index (χ2n) is 9.52. The summed E-state index contributed by atoms with van der Waals surface area (Å²) in [5, 5.41) is 0. The van der Waals surface area contributed by atoms with Crippen LogP contribution < -0.4 is 4.74 Å². The predicted molar refractivity (Wildman–Crippen MR) is 135 cm³/mol. The van der Waals surface area contributed by atoms with E-state index in [1.165, 1.54) is 12.1 Å². The van der Waals surface area contributed by atoms with E-state index >= 15 is 0 Å². The van der Waals surface area contributed by atoms with Crippen LogP contribution in [0.5, 0.6) is 5.75 Å². The summed E-state index contributed by atoms with van der Waals surface area (Å²) in [7, 11) is 0. The molecular weight excluding hydrogens is 560 g/mol. The zero-order valence-electron chi connectivity index (χ0n) is 21.8. The summed E-state index contributed by atoms with van der Waals surface area (Å²) in [4.78, 5) is 0. The van der Waals surface area contributed by atoms with Crippen LogP contribution in [0.1, 0.15) is 49.2 Å². The summed E-state index contributed by atoms with van der Waals surface area (Å²) in [6.45, 7) is 2.53. The number of allylic oxidation sites excluding steroid dienone is 1. The molecule has 0 amide bonds. The monoisotopic (exact) mass is 586 g/mol. The molecule has 41 heavy (non-hydrogen) atoms. The lowest BCUT2D eigenvalue weighted by Crippen LogP contribution is -2.28. The third kappa shape index (κ3) is 7.45. The number of rotatable bonds is 9. The zero-order valence-corrected chi connectivity index (χ0v) is 21.8. The quantitative estimate of drug-likeness (QED) is 0.142. The maximum atomic E-state index is 14.9. The van der Waals surface area contributed by atoms with Crippen molar-refractivity contribution in [3.63, 3.8) is 0 Å². The molecule has 11 heteroatoms. The first-order valence-corrected chi connectivity index (χ1v) is 12.8. The summed E-state index contributed by atoms with van der Waals surface area (Å²) in [5.41, 5.74) is -2.94. The van der Waals surface area contributed by atoms with Gasteiger partial charge in [0.05, 0.1) is 18.8 Å². The average molecular weight is 587 g/mol. The Morgan fingerprint density at radius 3 is 2.00 bits per heavy atom. The number of hydrogen-bond donors (Lipinski definition) is 0. The minimum absolute atomic E-state index is 0.0422. The van der Waals surface area contributed by atoms with Gasteiger partial charge < -0.3 is 14.2 Å². The second kappa shape index (κ2) is 12.6. The van der Waals surface area contributed by atoms with E-state index in [4.69, 9.17) is 9.47 Å². The smallest absolute Gasteiger partial charge is 0.429 e. The average Bonchev–Trinajstić information content (AvgIpc) is 2.90. The Morgan fingerprint density at radius 2 is 1.44 bits per heavy atom. The first kappa shape index (κ1) is 30.5. The molecule has 0 N–H and O–H groups in total. The molecule has 0 atom stereocenters. The molecule has 0 spiro atoms. The van der Waals surface area contributed by atoms with E-state index in [1.807, 2.05) is 12.2 Å². The Morgan fingerprint density at radius 1 is 0.829 bits per heavy atom. The molecule has 1 aliphatic heterocycles. The van der Waals surface area contributed by atoms with Crippen molar-refractivity contribution in [2.75, 3.05) is 13.2 Å². The number of unbranched alkanes of at least 4 members (excludes halogenated alkanes) is 2. The predicted octanol–water partition coefficient (Wildman–Crippen LogP) is 9.33. The minimum Gasteiger partial charge on any atom is -0.429 e. The van der Waals surface area contributed by atoms with Gasteiger partial charge >= 0.3 is 12.3 Å². The summed E-state index contributed by atoms with van der Waals surface area (Å²) in [6, 6.07) is 8.03. The summed E-state index contributed by atoms with van der Waals surface area (Å²) >= 11 is 0. The van der Waals surface area contributed by atoms with Crippen molar-refractivity contribution in [2.45, 2.75) is 44.8 Å². The standard InChI is InChI=1S/C30H26F8O3/c1-2-3-4-5-6-18-16-39-28(40-17-18)21-14-25(32)27(26(33)15-21)30(37,38)41-22-10-7-19(8-11-22)20-9-12-23(24(31)13-20)29(34,35)36/h5-15,18,28H,2-4,16-17H2,1H3/b6-5+. The fraction of sp³-hybridized carbons (Fsp3) is 0.333. The lowest BCUT2D eigenvalue weighted by Gasteiger charge is -2.28. The molecule has 0 bridgehead atoms. The van der Waals surface area contributed by atoms with E-state index in [2.05, 4.69) is 11.7 Å². The van der Waals surface area contributed by atoms with Crippen LogP contribution >= 0.6 is 0 Å². The number of alkyl halides is 5. The molecule has 1 fully saturated rings. The highest BCUT2D eigenvalue weighted by Gasteiger charge is 2.42. The molecule has 4 rings (SSSR count). The van der Waals surface area contributed by atoms with Crippen molar-refractivity contribution < 1.29 is 49.3 Å². The summed E-state index contributed by atoms with van der Waals surface area (Å²) < 4.78 is 127. The van der Waals surface area contributed by atoms with Crippen LogP contribution in [0.4, 0.5) is 35.1 Å². The van der Waals surface area contributed by atoms with Crippen molar-refractivity contribution in [3.05, 3.63) is 101 Å². The molecule has 0 saturated carbocycles. The van der Waals surface area contributed by atoms with Crippen LogP contribution in [0.15, 0.2) is 66.7 Å². The maximum Gasteiger partial charge on any atom is 0.432 e. The second-order valence-corrected chi connectivity index (χ2v) is 9.52. The van der Waals surface area contributed by atoms with Crippen molar-refractivity contribution in [1.82, 2.24) is 0 Å². The Labute approximate surface area is 231 Å². The molecular formula is C30H26F8O3. The van der Waals surface area contributed by atoms with Crippen molar-refractivity contribution in [1.29, 1.82) is 0 Å². The molecule has 1 saturated heterocycles. The Hall–Kier alpha value is -3.44. The lowest BCUT2D eigenvalue weighted by molar-refractivity contribution is -0.198. The highest BCUT2D eigenvalue weighted by atomic mass is 19.4. The first-order chi connectivity index (χ1) is 19.4. The SMILES string of the molecule is CCCC/C=C/C1COC(c2cc(F)c(C(F)(F)Oc3ccc(-c4ccc(C(F)(F)F)c(F)c4)cc3)c(F)c2)OC1. The minimum atomic E-state index is -4.88. The van der Waals surface area contributed by atoms with Gasteiger partial charge in [-0.3, -0.25) is 0 Å². The van der Waals surface area contributed by atoms with E-state index in [9.17, 15) is 35.1 Å². The van der Waals surface area contributed by atoms with Gasteiger partial charge in [0, 0.05) is 11.5 Å². The zero-order chi connectivity index (χ0) is 29.8. The van der Waals surface area contributed by atoms with Crippen LogP contribution in [0.25, 0.3) is 11.1 Å². The molecule has 220 valence electrons. The Kier molecular flexibility index (Phi) is 9.38. The van der Waals surface area contributed by atoms with E-state index in [1.54, 1.807) is 0 Å². The van der Waals surface area contributed by atoms with Gasteiger partial charge in [-0.25, -0.2) is 13.2 Å². The van der Waals surface area contributed by atoms with Crippen LogP contribution in [0.2, 0.25) is 0 Å². The topological polar surface area (TPSA) is 27.7 Å². The van der Waals surface area contributed by atoms with Crippen LogP contribution in [0, 0.1) is 23.4 Å². The highest BCUT2D eigenvalue weighted by molar-refractivity contribution is 5.64. The molecule has 1 heterocycles. The van der Waals surface area contributed by atoms with Gasteiger partial charge in [0.15, 0.2) is 6.29 Å². The van der Waals surface area contributed by atoms with Crippen LogP contribution in [-0.2, 0) is 21.8 Å². The van der Waals surface area contributed by atoms with E-state index in [0.717, 1.165) is 37.5 Å². The van der Waals surface area contributed by atoms with Crippen molar-refractivity contribution >= 4 is 0 Å². The largest absolute Gasteiger partial charge is 0.432 e. The van der Waals surface area contributed by atoms with Gasteiger partial charge in [-0.15, -0.1) is 0 Å². The normalized spacial score (nSPS) is 18.2. The van der Waals surface area contributed by atoms with Gasteiger partial charge in [0.1, 0.15) is 28.8 Å². The number of ether oxygens (including phenoxy) is 3. The van der Waals surface area contributed by atoms with E-state index < -0.39 is 52.9 Å². The van der Waals surface area contributed by atoms with Gasteiger partial charge in [-0.1, -0.05) is 50.1 Å². The molecule has 3 aromatic carbocycles. The maximum absolute atomic E-state index is 14.9. The van der Waals surface area contributed by atoms with Crippen LogP contribution in [-0.4, -0.2) is 13.2 Å². The molecule has 3 aromatic rings. The van der Waals surface area contributed by atoms with Gasteiger partial charge in [0.25, 0.3) is 0 Å². The Balaban J connectivity index is 1.44. The molecule has 3 nitrogen and oxygen atoms in total. The lowest BCUT2D eigenvalue weighted by atomic mass is 10.0. The van der Waals surface area contributed by atoms with Crippen LogP contribution in [0.3, 0.4) is 0 Å². The fourth-order valence-electron chi connectivity index (χ4n) is 4.28.